The molecule has 148 valence electrons. The molecular weight excluding hydrogens is 376 g/mol. The number of rotatable bonds is 5. The number of phenolic OH excluding ortho intramolecular Hbond substituents is 1. The van der Waals surface area contributed by atoms with Gasteiger partial charge in [-0.3, -0.25) is 4.90 Å². The van der Waals surface area contributed by atoms with Gasteiger partial charge in [0.2, 0.25) is 0 Å². The van der Waals surface area contributed by atoms with E-state index in [0.717, 1.165) is 35.4 Å². The molecule has 0 radical (unpaired) electrons. The maximum atomic E-state index is 12.9. The quantitative estimate of drug-likeness (QED) is 0.639. The van der Waals surface area contributed by atoms with Gasteiger partial charge in [0, 0.05) is 17.6 Å². The molecule has 0 bridgehead atoms. The summed E-state index contributed by atoms with van der Waals surface area (Å²) in [5.41, 5.74) is 3.37. The summed E-state index contributed by atoms with van der Waals surface area (Å²) in [6.45, 7) is 4.87. The number of aromatic nitrogens is 1. The first kappa shape index (κ1) is 20.2. The van der Waals surface area contributed by atoms with Crippen LogP contribution in [0.2, 0.25) is 0 Å². The molecule has 4 rings (SSSR count). The molecule has 1 aliphatic heterocycles. The van der Waals surface area contributed by atoms with Gasteiger partial charge >= 0.3 is 5.97 Å². The van der Waals surface area contributed by atoms with Gasteiger partial charge in [-0.1, -0.05) is 18.2 Å². The van der Waals surface area contributed by atoms with Crippen LogP contribution in [0.3, 0.4) is 0 Å². The number of nitrogens with zero attached hydrogens (tertiary/aromatic N) is 2. The Hall–Kier alpha value is -2.50. The third kappa shape index (κ3) is 3.73. The predicted octanol–water partition coefficient (Wildman–Crippen LogP) is 4.53. The van der Waals surface area contributed by atoms with E-state index in [-0.39, 0.29) is 24.1 Å². The van der Waals surface area contributed by atoms with Crippen LogP contribution in [0.25, 0.3) is 16.6 Å². The average molecular weight is 401 g/mol. The Morgan fingerprint density at radius 2 is 1.82 bits per heavy atom. The lowest BCUT2D eigenvalue weighted by atomic mass is 10.1. The van der Waals surface area contributed by atoms with Crippen LogP contribution in [-0.2, 0) is 11.3 Å². The standard InChI is InChI=1S/C22H24N2O3.ClH/c1-2-27-22(26)21-18-14-17(25)10-11-19(18)24(16-8-4-3-5-9-16)20(21)15-23-12-6-7-13-23;/h3-5,8-11,14,25H,2,6-7,12-13,15H2,1H3;1H. The van der Waals surface area contributed by atoms with E-state index in [2.05, 4.69) is 9.47 Å². The fourth-order valence-corrected chi connectivity index (χ4v) is 3.94. The molecule has 3 aromatic rings. The van der Waals surface area contributed by atoms with Gasteiger partial charge in [0.05, 0.1) is 23.4 Å². The van der Waals surface area contributed by atoms with E-state index >= 15 is 0 Å². The van der Waals surface area contributed by atoms with Crippen molar-refractivity contribution < 1.29 is 14.6 Å². The Balaban J connectivity index is 0.00000225. The Morgan fingerprint density at radius 1 is 1.11 bits per heavy atom. The normalized spacial score (nSPS) is 14.2. The van der Waals surface area contributed by atoms with Crippen LogP contribution in [0.1, 0.15) is 35.8 Å². The first-order valence-electron chi connectivity index (χ1n) is 9.50. The van der Waals surface area contributed by atoms with Crippen LogP contribution in [0, 0.1) is 0 Å². The number of carbonyl (C=O) groups excluding carboxylic acids is 1. The van der Waals surface area contributed by atoms with E-state index < -0.39 is 0 Å². The fraction of sp³-hybridized carbons (Fsp3) is 0.318. The first-order chi connectivity index (χ1) is 13.2. The summed E-state index contributed by atoms with van der Waals surface area (Å²) >= 11 is 0. The zero-order valence-electron chi connectivity index (χ0n) is 15.9. The highest BCUT2D eigenvalue weighted by Crippen LogP contribution is 2.34. The number of phenols is 1. The molecule has 0 atom stereocenters. The molecule has 0 aliphatic carbocycles. The number of hydrogen-bond donors (Lipinski definition) is 1. The SMILES string of the molecule is CCOC(=O)c1c(CN2CCCC2)n(-c2ccccc2)c2ccc(O)cc12.Cl. The van der Waals surface area contributed by atoms with Gasteiger partial charge in [-0.25, -0.2) is 4.79 Å². The molecule has 6 heteroatoms. The second kappa shape index (κ2) is 8.67. The number of aromatic hydroxyl groups is 1. The molecule has 0 unspecified atom stereocenters. The number of para-hydroxylation sites is 1. The number of benzene rings is 2. The first-order valence-corrected chi connectivity index (χ1v) is 9.50. The molecule has 0 saturated carbocycles. The second-order valence-electron chi connectivity index (χ2n) is 6.90. The third-order valence-corrected chi connectivity index (χ3v) is 5.11. The maximum Gasteiger partial charge on any atom is 0.340 e. The molecule has 1 aromatic heterocycles. The van der Waals surface area contributed by atoms with E-state index in [9.17, 15) is 9.90 Å². The monoisotopic (exact) mass is 400 g/mol. The second-order valence-corrected chi connectivity index (χ2v) is 6.90. The highest BCUT2D eigenvalue weighted by Gasteiger charge is 2.26. The van der Waals surface area contributed by atoms with E-state index in [1.165, 1.54) is 12.8 Å². The summed E-state index contributed by atoms with van der Waals surface area (Å²) in [6.07, 6.45) is 2.36. The molecule has 2 aromatic carbocycles. The lowest BCUT2D eigenvalue weighted by molar-refractivity contribution is 0.0526. The zero-order chi connectivity index (χ0) is 18.8. The van der Waals surface area contributed by atoms with Crippen molar-refractivity contribution in [3.05, 3.63) is 59.8 Å². The van der Waals surface area contributed by atoms with E-state index in [1.54, 1.807) is 12.1 Å². The highest BCUT2D eigenvalue weighted by molar-refractivity contribution is 6.07. The number of esters is 1. The molecule has 0 spiro atoms. The lowest BCUT2D eigenvalue weighted by Gasteiger charge is -2.18. The van der Waals surface area contributed by atoms with Crippen LogP contribution >= 0.6 is 12.4 Å². The number of halogens is 1. The van der Waals surface area contributed by atoms with Crippen molar-refractivity contribution in [2.24, 2.45) is 0 Å². The molecule has 2 heterocycles. The summed E-state index contributed by atoms with van der Waals surface area (Å²) in [5, 5.41) is 10.8. The van der Waals surface area contributed by atoms with E-state index in [0.29, 0.717) is 18.7 Å². The minimum atomic E-state index is -0.336. The summed E-state index contributed by atoms with van der Waals surface area (Å²) < 4.78 is 7.50. The fourth-order valence-electron chi connectivity index (χ4n) is 3.94. The van der Waals surface area contributed by atoms with Crippen molar-refractivity contribution >= 4 is 29.3 Å². The van der Waals surface area contributed by atoms with Gasteiger partial charge in [0.1, 0.15) is 5.75 Å². The molecular formula is C22H25ClN2O3. The van der Waals surface area contributed by atoms with Gasteiger partial charge in [-0.2, -0.15) is 0 Å². The molecule has 1 fully saturated rings. The van der Waals surface area contributed by atoms with Crippen LogP contribution < -0.4 is 0 Å². The third-order valence-electron chi connectivity index (χ3n) is 5.11. The minimum absolute atomic E-state index is 0. The Kier molecular flexibility index (Phi) is 6.27. The van der Waals surface area contributed by atoms with Gasteiger partial charge in [-0.05, 0) is 63.2 Å². The minimum Gasteiger partial charge on any atom is -0.508 e. The van der Waals surface area contributed by atoms with Gasteiger partial charge in [-0.15, -0.1) is 12.4 Å². The van der Waals surface area contributed by atoms with Crippen LogP contribution in [0.4, 0.5) is 0 Å². The van der Waals surface area contributed by atoms with Gasteiger partial charge in [0.15, 0.2) is 0 Å². The molecule has 0 amide bonds. The van der Waals surface area contributed by atoms with Crippen molar-refractivity contribution in [3.63, 3.8) is 0 Å². The number of likely N-dealkylation sites (tertiary alicyclic amines) is 1. The Bertz CT molecular complexity index is 963. The smallest absolute Gasteiger partial charge is 0.340 e. The van der Waals surface area contributed by atoms with Gasteiger partial charge in [0.25, 0.3) is 0 Å². The molecule has 5 nitrogen and oxygen atoms in total. The maximum absolute atomic E-state index is 12.9. The number of carbonyl (C=O) groups is 1. The van der Waals surface area contributed by atoms with E-state index in [1.807, 2.05) is 43.3 Å². The largest absolute Gasteiger partial charge is 0.508 e. The van der Waals surface area contributed by atoms with Crippen molar-refractivity contribution in [2.45, 2.75) is 26.3 Å². The Labute approximate surface area is 170 Å². The lowest BCUT2D eigenvalue weighted by Crippen LogP contribution is -2.22. The van der Waals surface area contributed by atoms with Crippen LogP contribution in [-0.4, -0.2) is 40.2 Å². The molecule has 28 heavy (non-hydrogen) atoms. The summed E-state index contributed by atoms with van der Waals surface area (Å²) in [6, 6.07) is 15.2. The topological polar surface area (TPSA) is 54.7 Å². The molecule has 1 saturated heterocycles. The van der Waals surface area contributed by atoms with Gasteiger partial charge < -0.3 is 14.4 Å². The number of fused-ring (bicyclic) bond motifs is 1. The van der Waals surface area contributed by atoms with Crippen molar-refractivity contribution in [1.82, 2.24) is 9.47 Å². The predicted molar refractivity (Wildman–Crippen MR) is 113 cm³/mol. The van der Waals surface area contributed by atoms with Crippen molar-refractivity contribution in [2.75, 3.05) is 19.7 Å². The van der Waals surface area contributed by atoms with Crippen LogP contribution in [0.5, 0.6) is 5.75 Å². The van der Waals surface area contributed by atoms with E-state index in [4.69, 9.17) is 4.74 Å². The Morgan fingerprint density at radius 3 is 2.50 bits per heavy atom. The van der Waals surface area contributed by atoms with Crippen molar-refractivity contribution in [3.8, 4) is 11.4 Å². The zero-order valence-corrected chi connectivity index (χ0v) is 16.7. The summed E-state index contributed by atoms with van der Waals surface area (Å²) in [5.74, 6) is -0.192. The molecule has 1 N–H and O–H groups in total. The molecule has 1 aliphatic rings. The summed E-state index contributed by atoms with van der Waals surface area (Å²) in [7, 11) is 0. The number of hydrogen-bond acceptors (Lipinski definition) is 4. The average Bonchev–Trinajstić information content (AvgIpc) is 3.28. The highest BCUT2D eigenvalue weighted by atomic mass is 35.5. The van der Waals surface area contributed by atoms with Crippen molar-refractivity contribution in [1.29, 1.82) is 0 Å². The number of ether oxygens (including phenoxy) is 1. The summed E-state index contributed by atoms with van der Waals surface area (Å²) in [4.78, 5) is 15.2. The van der Waals surface area contributed by atoms with Crippen LogP contribution in [0.15, 0.2) is 48.5 Å².